The number of aryl methyl sites for hydroxylation is 1. The van der Waals surface area contributed by atoms with Crippen LogP contribution in [0, 0.1) is 11.6 Å². The summed E-state index contributed by atoms with van der Waals surface area (Å²) in [6, 6.07) is 3.49. The molecule has 150 valence electrons. The van der Waals surface area contributed by atoms with E-state index >= 15 is 0 Å². The molecular weight excluding hydrogens is 386 g/mol. The second kappa shape index (κ2) is 8.79. The van der Waals surface area contributed by atoms with Crippen molar-refractivity contribution in [1.29, 1.82) is 0 Å². The van der Waals surface area contributed by atoms with Crippen LogP contribution in [0.1, 0.15) is 52.2 Å². The normalized spacial score (nSPS) is 14.3. The number of fused-ring (bicyclic) bond motifs is 1. The standard InChI is InChI=1S/C20H22F2N2O3S/c1-11(12-7-8-14(21)15(22)9-12)23-10-17(25)24-19-18(20(26)27-2)13-5-3-4-6-16(13)28-19/h7-9,11,23H,3-6,10H2,1-2H3,(H,24,25)/p+1/t11-/m0/s1. The summed E-state index contributed by atoms with van der Waals surface area (Å²) in [6.45, 7) is 1.90. The lowest BCUT2D eigenvalue weighted by molar-refractivity contribution is -0.682. The van der Waals surface area contributed by atoms with Crippen LogP contribution in [0.2, 0.25) is 0 Å². The van der Waals surface area contributed by atoms with Crippen LogP contribution in [-0.2, 0) is 22.4 Å². The van der Waals surface area contributed by atoms with E-state index in [2.05, 4.69) is 5.32 Å². The number of anilines is 1. The van der Waals surface area contributed by atoms with Crippen LogP contribution < -0.4 is 10.6 Å². The molecule has 1 atom stereocenters. The summed E-state index contributed by atoms with van der Waals surface area (Å²) in [6.07, 6.45) is 3.80. The lowest BCUT2D eigenvalue weighted by atomic mass is 9.95. The maximum Gasteiger partial charge on any atom is 0.341 e. The van der Waals surface area contributed by atoms with E-state index in [1.54, 1.807) is 5.32 Å². The third-order valence-corrected chi connectivity index (χ3v) is 6.15. The fourth-order valence-corrected chi connectivity index (χ4v) is 4.66. The zero-order valence-electron chi connectivity index (χ0n) is 15.8. The topological polar surface area (TPSA) is 72.0 Å². The SMILES string of the molecule is COC(=O)c1c(NC(=O)C[NH2+][C@@H](C)c2ccc(F)c(F)c2)sc2c1CCCC2. The average molecular weight is 409 g/mol. The Hall–Kier alpha value is -2.32. The van der Waals surface area contributed by atoms with Crippen molar-refractivity contribution in [3.63, 3.8) is 0 Å². The van der Waals surface area contributed by atoms with Gasteiger partial charge < -0.3 is 15.4 Å². The molecule has 2 aromatic rings. The van der Waals surface area contributed by atoms with Crippen LogP contribution in [0.25, 0.3) is 0 Å². The van der Waals surface area contributed by atoms with Gasteiger partial charge >= 0.3 is 5.97 Å². The Labute approximate surface area is 166 Å². The van der Waals surface area contributed by atoms with Crippen molar-refractivity contribution in [2.75, 3.05) is 19.0 Å². The van der Waals surface area contributed by atoms with Crippen molar-refractivity contribution < 1.29 is 28.4 Å². The van der Waals surface area contributed by atoms with Gasteiger partial charge in [0.15, 0.2) is 18.2 Å². The molecule has 1 aliphatic rings. The predicted octanol–water partition coefficient (Wildman–Crippen LogP) is 2.95. The highest BCUT2D eigenvalue weighted by Gasteiger charge is 2.27. The number of hydrogen-bond donors (Lipinski definition) is 2. The maximum atomic E-state index is 13.4. The molecule has 8 heteroatoms. The molecule has 0 aliphatic heterocycles. The van der Waals surface area contributed by atoms with Crippen molar-refractivity contribution in [1.82, 2.24) is 0 Å². The van der Waals surface area contributed by atoms with E-state index < -0.39 is 17.6 Å². The minimum atomic E-state index is -0.908. The Balaban J connectivity index is 1.67. The number of benzene rings is 1. The summed E-state index contributed by atoms with van der Waals surface area (Å²) in [5.74, 6) is -2.51. The average Bonchev–Trinajstić information content (AvgIpc) is 3.05. The number of methoxy groups -OCH3 is 1. The van der Waals surface area contributed by atoms with E-state index in [1.165, 1.54) is 24.5 Å². The van der Waals surface area contributed by atoms with Gasteiger partial charge in [-0.15, -0.1) is 11.3 Å². The third kappa shape index (κ3) is 4.39. The van der Waals surface area contributed by atoms with Crippen LogP contribution in [0.3, 0.4) is 0 Å². The number of carbonyl (C=O) groups excluding carboxylic acids is 2. The van der Waals surface area contributed by atoms with Gasteiger partial charge in [-0.25, -0.2) is 13.6 Å². The number of ether oxygens (including phenoxy) is 1. The third-order valence-electron chi connectivity index (χ3n) is 4.94. The molecule has 0 saturated carbocycles. The number of thiophene rings is 1. The molecule has 0 radical (unpaired) electrons. The van der Waals surface area contributed by atoms with Gasteiger partial charge in [0, 0.05) is 10.4 Å². The summed E-state index contributed by atoms with van der Waals surface area (Å²) in [5.41, 5.74) is 2.04. The van der Waals surface area contributed by atoms with Crippen molar-refractivity contribution in [3.8, 4) is 0 Å². The highest BCUT2D eigenvalue weighted by Crippen LogP contribution is 2.38. The summed E-state index contributed by atoms with van der Waals surface area (Å²) in [5, 5.41) is 5.08. The number of nitrogens with one attached hydrogen (secondary N) is 1. The van der Waals surface area contributed by atoms with Gasteiger partial charge in [0.2, 0.25) is 0 Å². The first-order chi connectivity index (χ1) is 13.4. The maximum absolute atomic E-state index is 13.4. The van der Waals surface area contributed by atoms with Crippen LogP contribution >= 0.6 is 11.3 Å². The Morgan fingerprint density at radius 3 is 2.71 bits per heavy atom. The number of nitrogens with two attached hydrogens (primary N) is 1. The van der Waals surface area contributed by atoms with Gasteiger partial charge in [0.25, 0.3) is 5.91 Å². The Kier molecular flexibility index (Phi) is 6.41. The number of rotatable bonds is 6. The minimum Gasteiger partial charge on any atom is -0.465 e. The summed E-state index contributed by atoms with van der Waals surface area (Å²) in [7, 11) is 1.33. The first kappa shape index (κ1) is 20.4. The molecule has 0 saturated heterocycles. The molecule has 28 heavy (non-hydrogen) atoms. The van der Waals surface area contributed by atoms with Gasteiger partial charge in [0.1, 0.15) is 11.0 Å². The van der Waals surface area contributed by atoms with Crippen molar-refractivity contribution in [2.24, 2.45) is 0 Å². The monoisotopic (exact) mass is 409 g/mol. The molecule has 1 aromatic carbocycles. The Morgan fingerprint density at radius 1 is 1.25 bits per heavy atom. The second-order valence-electron chi connectivity index (χ2n) is 6.86. The van der Waals surface area contributed by atoms with Gasteiger partial charge in [0.05, 0.1) is 12.7 Å². The highest BCUT2D eigenvalue weighted by atomic mass is 32.1. The van der Waals surface area contributed by atoms with Gasteiger partial charge in [-0.2, -0.15) is 0 Å². The minimum absolute atomic E-state index is 0.0866. The largest absolute Gasteiger partial charge is 0.465 e. The van der Waals surface area contributed by atoms with Gasteiger partial charge in [-0.05, 0) is 56.4 Å². The summed E-state index contributed by atoms with van der Waals surface area (Å²) in [4.78, 5) is 25.8. The lowest BCUT2D eigenvalue weighted by Crippen LogP contribution is -2.86. The Morgan fingerprint density at radius 2 is 2.00 bits per heavy atom. The zero-order chi connectivity index (χ0) is 20.3. The molecular formula is C20H23F2N2O3S+. The van der Waals surface area contributed by atoms with E-state index in [0.29, 0.717) is 16.1 Å². The Bertz CT molecular complexity index is 898. The van der Waals surface area contributed by atoms with E-state index in [4.69, 9.17) is 4.74 Å². The number of hydrogen-bond acceptors (Lipinski definition) is 4. The van der Waals surface area contributed by atoms with E-state index in [1.807, 2.05) is 6.92 Å². The number of halogens is 2. The van der Waals surface area contributed by atoms with E-state index in [-0.39, 0.29) is 18.5 Å². The van der Waals surface area contributed by atoms with Crippen molar-refractivity contribution >= 4 is 28.2 Å². The van der Waals surface area contributed by atoms with Crippen LogP contribution in [0.5, 0.6) is 0 Å². The van der Waals surface area contributed by atoms with Crippen LogP contribution in [-0.4, -0.2) is 25.5 Å². The molecule has 1 amide bonds. The van der Waals surface area contributed by atoms with Crippen molar-refractivity contribution in [2.45, 2.75) is 38.6 Å². The first-order valence-corrected chi connectivity index (χ1v) is 10.0. The molecule has 0 fully saturated rings. The molecule has 1 heterocycles. The summed E-state index contributed by atoms with van der Waals surface area (Å²) < 4.78 is 31.3. The van der Waals surface area contributed by atoms with Crippen LogP contribution in [0.15, 0.2) is 18.2 Å². The summed E-state index contributed by atoms with van der Waals surface area (Å²) >= 11 is 1.43. The fraction of sp³-hybridized carbons (Fsp3) is 0.400. The number of quaternary nitrogens is 1. The number of amides is 1. The number of carbonyl (C=O) groups is 2. The fourth-order valence-electron chi connectivity index (χ4n) is 3.37. The molecule has 3 rings (SSSR count). The molecule has 1 aromatic heterocycles. The van der Waals surface area contributed by atoms with E-state index in [0.717, 1.165) is 48.3 Å². The van der Waals surface area contributed by atoms with Crippen molar-refractivity contribution in [3.05, 3.63) is 51.4 Å². The smallest absolute Gasteiger partial charge is 0.341 e. The molecule has 3 N–H and O–H groups in total. The predicted molar refractivity (Wildman–Crippen MR) is 102 cm³/mol. The van der Waals surface area contributed by atoms with Crippen LogP contribution in [0.4, 0.5) is 13.8 Å². The van der Waals surface area contributed by atoms with Gasteiger partial charge in [-0.1, -0.05) is 0 Å². The first-order valence-electron chi connectivity index (χ1n) is 9.21. The highest BCUT2D eigenvalue weighted by molar-refractivity contribution is 7.17. The molecule has 5 nitrogen and oxygen atoms in total. The van der Waals surface area contributed by atoms with E-state index in [9.17, 15) is 18.4 Å². The molecule has 0 bridgehead atoms. The van der Waals surface area contributed by atoms with Gasteiger partial charge in [-0.3, -0.25) is 4.79 Å². The zero-order valence-corrected chi connectivity index (χ0v) is 16.6. The lowest BCUT2D eigenvalue weighted by Gasteiger charge is -2.12. The quantitative estimate of drug-likeness (QED) is 0.721. The molecule has 0 unspecified atom stereocenters. The number of esters is 1. The molecule has 0 spiro atoms. The molecule has 1 aliphatic carbocycles. The second-order valence-corrected chi connectivity index (χ2v) is 7.96.